The van der Waals surface area contributed by atoms with E-state index in [9.17, 15) is 4.79 Å². The van der Waals surface area contributed by atoms with Gasteiger partial charge in [-0.3, -0.25) is 4.90 Å². The highest BCUT2D eigenvalue weighted by Gasteiger charge is 2.23. The molecule has 4 heteroatoms. The summed E-state index contributed by atoms with van der Waals surface area (Å²) in [7, 11) is 0. The van der Waals surface area contributed by atoms with Crippen molar-refractivity contribution in [1.29, 1.82) is 0 Å². The number of amides is 1. The average Bonchev–Trinajstić information content (AvgIpc) is 2.68. The van der Waals surface area contributed by atoms with Crippen LogP contribution in [0.15, 0.2) is 24.3 Å². The standard InChI is InChI=1S/C13H18N2O2/c1-10-2-4-11(5-3-10)8-15-7-6-12(9-15)14-13(16)17/h2-5,12,14H,6-9H2,1H3,(H,16,17)/t12-/m1/s1. The quantitative estimate of drug-likeness (QED) is 0.839. The largest absolute Gasteiger partial charge is 0.465 e. The van der Waals surface area contributed by atoms with Crippen molar-refractivity contribution in [3.8, 4) is 0 Å². The predicted octanol–water partition coefficient (Wildman–Crippen LogP) is 1.84. The van der Waals surface area contributed by atoms with Crippen LogP contribution in [0.3, 0.4) is 0 Å². The van der Waals surface area contributed by atoms with E-state index in [0.29, 0.717) is 0 Å². The molecule has 0 bridgehead atoms. The van der Waals surface area contributed by atoms with Gasteiger partial charge in [0.1, 0.15) is 0 Å². The molecule has 1 aromatic carbocycles. The summed E-state index contributed by atoms with van der Waals surface area (Å²) in [5, 5.41) is 11.2. The Morgan fingerprint density at radius 2 is 2.18 bits per heavy atom. The Kier molecular flexibility index (Phi) is 3.64. The van der Waals surface area contributed by atoms with Crippen LogP contribution in [0.5, 0.6) is 0 Å². The number of benzene rings is 1. The first-order valence-electron chi connectivity index (χ1n) is 5.91. The van der Waals surface area contributed by atoms with E-state index in [-0.39, 0.29) is 6.04 Å². The number of carbonyl (C=O) groups is 1. The number of rotatable bonds is 3. The SMILES string of the molecule is Cc1ccc(CN2CC[C@@H](NC(=O)O)C2)cc1. The molecule has 0 radical (unpaired) electrons. The normalized spacial score (nSPS) is 20.4. The third-order valence-electron chi connectivity index (χ3n) is 3.13. The molecule has 0 aromatic heterocycles. The van der Waals surface area contributed by atoms with Gasteiger partial charge in [0.05, 0.1) is 0 Å². The molecule has 4 nitrogen and oxygen atoms in total. The average molecular weight is 234 g/mol. The molecule has 2 rings (SSSR count). The zero-order chi connectivity index (χ0) is 12.3. The van der Waals surface area contributed by atoms with Crippen molar-refractivity contribution in [1.82, 2.24) is 10.2 Å². The van der Waals surface area contributed by atoms with Gasteiger partial charge in [-0.05, 0) is 18.9 Å². The summed E-state index contributed by atoms with van der Waals surface area (Å²) < 4.78 is 0. The molecule has 92 valence electrons. The van der Waals surface area contributed by atoms with Crippen LogP contribution in [-0.4, -0.2) is 35.2 Å². The second-order valence-electron chi connectivity index (χ2n) is 4.66. The third-order valence-corrected chi connectivity index (χ3v) is 3.13. The van der Waals surface area contributed by atoms with Gasteiger partial charge in [-0.15, -0.1) is 0 Å². The zero-order valence-corrected chi connectivity index (χ0v) is 10.0. The molecule has 0 aliphatic carbocycles. The Bertz CT molecular complexity index is 389. The van der Waals surface area contributed by atoms with Crippen molar-refractivity contribution in [2.75, 3.05) is 13.1 Å². The maximum Gasteiger partial charge on any atom is 0.404 e. The minimum absolute atomic E-state index is 0.0814. The molecule has 2 N–H and O–H groups in total. The van der Waals surface area contributed by atoms with E-state index >= 15 is 0 Å². The summed E-state index contributed by atoms with van der Waals surface area (Å²) in [6.45, 7) is 4.74. The zero-order valence-electron chi connectivity index (χ0n) is 10.0. The van der Waals surface area contributed by atoms with Crippen molar-refractivity contribution in [3.63, 3.8) is 0 Å². The van der Waals surface area contributed by atoms with Crippen LogP contribution in [0.4, 0.5) is 4.79 Å². The van der Waals surface area contributed by atoms with Crippen LogP contribution in [0.25, 0.3) is 0 Å². The van der Waals surface area contributed by atoms with Gasteiger partial charge in [-0.1, -0.05) is 29.8 Å². The molecule has 1 fully saturated rings. The van der Waals surface area contributed by atoms with Crippen molar-refractivity contribution >= 4 is 6.09 Å². The van der Waals surface area contributed by atoms with E-state index in [1.54, 1.807) is 0 Å². The molecule has 17 heavy (non-hydrogen) atoms. The van der Waals surface area contributed by atoms with E-state index in [2.05, 4.69) is 41.4 Å². The fraction of sp³-hybridized carbons (Fsp3) is 0.462. The first-order chi connectivity index (χ1) is 8.13. The van der Waals surface area contributed by atoms with Gasteiger partial charge in [0.15, 0.2) is 0 Å². The van der Waals surface area contributed by atoms with E-state index in [0.717, 1.165) is 26.1 Å². The molecular weight excluding hydrogens is 216 g/mol. The number of hydrogen-bond donors (Lipinski definition) is 2. The molecule has 1 aromatic rings. The summed E-state index contributed by atoms with van der Waals surface area (Å²) in [6, 6.07) is 8.56. The minimum Gasteiger partial charge on any atom is -0.465 e. The summed E-state index contributed by atoms with van der Waals surface area (Å²) in [4.78, 5) is 12.8. The number of carboxylic acid groups (broad SMARTS) is 1. The maximum atomic E-state index is 10.5. The van der Waals surface area contributed by atoms with E-state index in [1.807, 2.05) is 0 Å². The summed E-state index contributed by atoms with van der Waals surface area (Å²) in [5.74, 6) is 0. The molecule has 1 saturated heterocycles. The monoisotopic (exact) mass is 234 g/mol. The van der Waals surface area contributed by atoms with Gasteiger partial charge in [-0.25, -0.2) is 4.79 Å². The second kappa shape index (κ2) is 5.19. The third kappa shape index (κ3) is 3.46. The number of aryl methyl sites for hydroxylation is 1. The molecule has 0 saturated carbocycles. The van der Waals surface area contributed by atoms with Crippen molar-refractivity contribution in [3.05, 3.63) is 35.4 Å². The van der Waals surface area contributed by atoms with Crippen LogP contribution >= 0.6 is 0 Å². The number of likely N-dealkylation sites (tertiary alicyclic amines) is 1. The molecule has 1 amide bonds. The molecule has 1 aliphatic rings. The Morgan fingerprint density at radius 1 is 1.47 bits per heavy atom. The lowest BCUT2D eigenvalue weighted by Crippen LogP contribution is -2.35. The Balaban J connectivity index is 1.85. The summed E-state index contributed by atoms with van der Waals surface area (Å²) >= 11 is 0. The van der Waals surface area contributed by atoms with Crippen LogP contribution in [0.2, 0.25) is 0 Å². The Labute approximate surface area is 101 Å². The van der Waals surface area contributed by atoms with Crippen molar-refractivity contribution in [2.24, 2.45) is 0 Å². The maximum absolute atomic E-state index is 10.5. The smallest absolute Gasteiger partial charge is 0.404 e. The fourth-order valence-electron chi connectivity index (χ4n) is 2.22. The summed E-state index contributed by atoms with van der Waals surface area (Å²) in [5.41, 5.74) is 2.55. The number of nitrogens with one attached hydrogen (secondary N) is 1. The van der Waals surface area contributed by atoms with Crippen LogP contribution in [-0.2, 0) is 6.54 Å². The lowest BCUT2D eigenvalue weighted by atomic mass is 10.1. The van der Waals surface area contributed by atoms with E-state index in [4.69, 9.17) is 5.11 Å². The Hall–Kier alpha value is -1.55. The van der Waals surface area contributed by atoms with Gasteiger partial charge in [0, 0.05) is 25.7 Å². The first-order valence-corrected chi connectivity index (χ1v) is 5.91. The van der Waals surface area contributed by atoms with Gasteiger partial charge >= 0.3 is 6.09 Å². The van der Waals surface area contributed by atoms with Crippen LogP contribution in [0.1, 0.15) is 17.5 Å². The van der Waals surface area contributed by atoms with Crippen LogP contribution < -0.4 is 5.32 Å². The number of nitrogens with zero attached hydrogens (tertiary/aromatic N) is 1. The molecule has 1 aliphatic heterocycles. The van der Waals surface area contributed by atoms with Gasteiger partial charge < -0.3 is 10.4 Å². The first kappa shape index (κ1) is 11.9. The topological polar surface area (TPSA) is 52.6 Å². The molecule has 0 unspecified atom stereocenters. The highest BCUT2D eigenvalue weighted by Crippen LogP contribution is 2.14. The molecule has 1 atom stereocenters. The lowest BCUT2D eigenvalue weighted by Gasteiger charge is -2.16. The van der Waals surface area contributed by atoms with Gasteiger partial charge in [-0.2, -0.15) is 0 Å². The van der Waals surface area contributed by atoms with E-state index < -0.39 is 6.09 Å². The second-order valence-corrected chi connectivity index (χ2v) is 4.66. The molecule has 1 heterocycles. The number of hydrogen-bond acceptors (Lipinski definition) is 2. The van der Waals surface area contributed by atoms with Gasteiger partial charge in [0.25, 0.3) is 0 Å². The van der Waals surface area contributed by atoms with Crippen molar-refractivity contribution in [2.45, 2.75) is 25.9 Å². The Morgan fingerprint density at radius 3 is 2.82 bits per heavy atom. The predicted molar refractivity (Wildman–Crippen MR) is 66.0 cm³/mol. The van der Waals surface area contributed by atoms with Crippen LogP contribution in [0, 0.1) is 6.92 Å². The summed E-state index contributed by atoms with van der Waals surface area (Å²) in [6.07, 6.45) is -0.0229. The minimum atomic E-state index is -0.924. The highest BCUT2D eigenvalue weighted by atomic mass is 16.4. The molecule has 0 spiro atoms. The fourth-order valence-corrected chi connectivity index (χ4v) is 2.22. The lowest BCUT2D eigenvalue weighted by molar-refractivity contribution is 0.189. The van der Waals surface area contributed by atoms with Gasteiger partial charge in [0.2, 0.25) is 0 Å². The highest BCUT2D eigenvalue weighted by molar-refractivity contribution is 5.64. The van der Waals surface area contributed by atoms with E-state index in [1.165, 1.54) is 11.1 Å². The molecular formula is C13H18N2O2. The van der Waals surface area contributed by atoms with Crippen molar-refractivity contribution < 1.29 is 9.90 Å².